The second-order valence-corrected chi connectivity index (χ2v) is 3.04. The zero-order chi connectivity index (χ0) is 8.59. The minimum absolute atomic E-state index is 0.333. The number of aliphatic hydroxyl groups excluding tert-OH is 3. The molecule has 1 aliphatic rings. The molecular formula is C6H14N2O3. The van der Waals surface area contributed by atoms with Gasteiger partial charge >= 0.3 is 0 Å². The van der Waals surface area contributed by atoms with Crippen LogP contribution in [0.3, 0.4) is 0 Å². The van der Waals surface area contributed by atoms with Crippen molar-refractivity contribution in [3.05, 3.63) is 0 Å². The molecule has 11 heavy (non-hydrogen) atoms. The molecule has 0 saturated heterocycles. The summed E-state index contributed by atoms with van der Waals surface area (Å²) in [6.45, 7) is 0. The molecule has 7 N–H and O–H groups in total. The van der Waals surface area contributed by atoms with E-state index in [9.17, 15) is 0 Å². The Kier molecular flexibility index (Phi) is 2.46. The van der Waals surface area contributed by atoms with Gasteiger partial charge in [0.1, 0.15) is 6.10 Å². The van der Waals surface area contributed by atoms with E-state index in [4.69, 9.17) is 26.8 Å². The molecule has 0 bridgehead atoms. The van der Waals surface area contributed by atoms with Crippen molar-refractivity contribution < 1.29 is 15.3 Å². The van der Waals surface area contributed by atoms with Gasteiger partial charge in [0.15, 0.2) is 0 Å². The molecular weight excluding hydrogens is 148 g/mol. The highest BCUT2D eigenvalue weighted by Crippen LogP contribution is 2.17. The molecule has 0 radical (unpaired) electrons. The number of nitrogens with two attached hydrogens (primary N) is 2. The van der Waals surface area contributed by atoms with Crippen LogP contribution in [0.5, 0.6) is 0 Å². The molecule has 1 saturated carbocycles. The van der Waals surface area contributed by atoms with E-state index in [0.717, 1.165) is 0 Å². The standard InChI is InChI=1S/C6H14N2O3/c7-2-1-3(8)5(10)6(11)4(2)9/h2-6,9-11H,1,7-8H2/t2-,3+,4?,5?,6?. The van der Waals surface area contributed by atoms with Crippen LogP contribution in [0.2, 0.25) is 0 Å². The van der Waals surface area contributed by atoms with Crippen molar-refractivity contribution in [1.29, 1.82) is 0 Å². The first-order valence-electron chi connectivity index (χ1n) is 3.59. The summed E-state index contributed by atoms with van der Waals surface area (Å²) in [4.78, 5) is 0. The quantitative estimate of drug-likeness (QED) is 0.263. The van der Waals surface area contributed by atoms with Gasteiger partial charge in [-0.25, -0.2) is 0 Å². The number of aliphatic hydroxyl groups is 3. The zero-order valence-corrected chi connectivity index (χ0v) is 6.09. The SMILES string of the molecule is N[C@@H]1C[C@H](N)C(O)C(O)C1O. The van der Waals surface area contributed by atoms with Crippen molar-refractivity contribution in [2.24, 2.45) is 11.5 Å². The van der Waals surface area contributed by atoms with Gasteiger partial charge < -0.3 is 26.8 Å². The average Bonchev–Trinajstić information content (AvgIpc) is 1.97. The molecule has 0 aromatic carbocycles. The van der Waals surface area contributed by atoms with Crippen molar-refractivity contribution in [3.63, 3.8) is 0 Å². The Morgan fingerprint density at radius 1 is 0.818 bits per heavy atom. The van der Waals surface area contributed by atoms with Gasteiger partial charge in [0.2, 0.25) is 0 Å². The molecule has 5 nitrogen and oxygen atoms in total. The van der Waals surface area contributed by atoms with Crippen LogP contribution >= 0.6 is 0 Å². The largest absolute Gasteiger partial charge is 0.389 e. The smallest absolute Gasteiger partial charge is 0.109 e. The Balaban J connectivity index is 2.63. The van der Waals surface area contributed by atoms with Crippen LogP contribution in [0, 0.1) is 0 Å². The van der Waals surface area contributed by atoms with Gasteiger partial charge in [0.25, 0.3) is 0 Å². The molecule has 1 fully saturated rings. The van der Waals surface area contributed by atoms with Crippen LogP contribution in [0.15, 0.2) is 0 Å². The first-order chi connectivity index (χ1) is 5.04. The highest BCUT2D eigenvalue weighted by atomic mass is 16.4. The first-order valence-corrected chi connectivity index (χ1v) is 3.59. The molecule has 3 unspecified atom stereocenters. The summed E-state index contributed by atoms with van der Waals surface area (Å²) in [7, 11) is 0. The van der Waals surface area contributed by atoms with Gasteiger partial charge in [-0.2, -0.15) is 0 Å². The maximum atomic E-state index is 9.14. The van der Waals surface area contributed by atoms with Crippen LogP contribution in [-0.4, -0.2) is 45.7 Å². The first kappa shape index (κ1) is 8.89. The van der Waals surface area contributed by atoms with E-state index in [-0.39, 0.29) is 0 Å². The van der Waals surface area contributed by atoms with Gasteiger partial charge in [-0.05, 0) is 6.42 Å². The van der Waals surface area contributed by atoms with E-state index in [1.54, 1.807) is 0 Å². The van der Waals surface area contributed by atoms with Gasteiger partial charge in [-0.15, -0.1) is 0 Å². The normalized spacial score (nSPS) is 52.6. The molecule has 5 atom stereocenters. The molecule has 5 heteroatoms. The minimum atomic E-state index is -1.21. The fraction of sp³-hybridized carbons (Fsp3) is 1.00. The van der Waals surface area contributed by atoms with E-state index >= 15 is 0 Å². The second kappa shape index (κ2) is 3.04. The highest BCUT2D eigenvalue weighted by molar-refractivity contribution is 4.96. The second-order valence-electron chi connectivity index (χ2n) is 3.04. The minimum Gasteiger partial charge on any atom is -0.389 e. The number of rotatable bonds is 0. The predicted molar refractivity (Wildman–Crippen MR) is 38.6 cm³/mol. The third kappa shape index (κ3) is 1.52. The van der Waals surface area contributed by atoms with Crippen molar-refractivity contribution >= 4 is 0 Å². The molecule has 0 amide bonds. The van der Waals surface area contributed by atoms with E-state index in [0.29, 0.717) is 6.42 Å². The lowest BCUT2D eigenvalue weighted by Gasteiger charge is -2.37. The Morgan fingerprint density at radius 3 is 1.55 bits per heavy atom. The van der Waals surface area contributed by atoms with Gasteiger partial charge in [0, 0.05) is 12.1 Å². The Morgan fingerprint density at radius 2 is 1.18 bits per heavy atom. The molecule has 1 aliphatic carbocycles. The summed E-state index contributed by atoms with van der Waals surface area (Å²) in [5.74, 6) is 0. The molecule has 66 valence electrons. The van der Waals surface area contributed by atoms with Crippen molar-refractivity contribution in [1.82, 2.24) is 0 Å². The maximum Gasteiger partial charge on any atom is 0.109 e. The molecule has 0 aromatic heterocycles. The predicted octanol–water partition coefficient (Wildman–Crippen LogP) is -2.87. The third-order valence-electron chi connectivity index (χ3n) is 2.12. The van der Waals surface area contributed by atoms with Crippen molar-refractivity contribution in [2.75, 3.05) is 0 Å². The lowest BCUT2D eigenvalue weighted by Crippen LogP contribution is -2.61. The molecule has 0 aromatic rings. The van der Waals surface area contributed by atoms with Gasteiger partial charge in [-0.1, -0.05) is 0 Å². The Bertz CT molecular complexity index is 130. The zero-order valence-electron chi connectivity index (χ0n) is 6.09. The highest BCUT2D eigenvalue weighted by Gasteiger charge is 2.39. The third-order valence-corrected chi connectivity index (χ3v) is 2.12. The van der Waals surface area contributed by atoms with Crippen LogP contribution in [0.4, 0.5) is 0 Å². The van der Waals surface area contributed by atoms with E-state index in [1.807, 2.05) is 0 Å². The molecule has 0 aliphatic heterocycles. The summed E-state index contributed by atoms with van der Waals surface area (Å²) in [5, 5.41) is 27.4. The summed E-state index contributed by atoms with van der Waals surface area (Å²) >= 11 is 0. The van der Waals surface area contributed by atoms with Crippen LogP contribution < -0.4 is 11.5 Å². The Hall–Kier alpha value is -0.200. The summed E-state index contributed by atoms with van der Waals surface area (Å²) in [5.41, 5.74) is 10.8. The van der Waals surface area contributed by atoms with Gasteiger partial charge in [0.05, 0.1) is 12.2 Å². The molecule has 0 heterocycles. The van der Waals surface area contributed by atoms with Crippen LogP contribution in [0.25, 0.3) is 0 Å². The average molecular weight is 162 g/mol. The van der Waals surface area contributed by atoms with E-state index < -0.39 is 30.4 Å². The lowest BCUT2D eigenvalue weighted by molar-refractivity contribution is -0.100. The monoisotopic (exact) mass is 162 g/mol. The summed E-state index contributed by atoms with van der Waals surface area (Å²) < 4.78 is 0. The topological polar surface area (TPSA) is 113 Å². The van der Waals surface area contributed by atoms with Crippen LogP contribution in [0.1, 0.15) is 6.42 Å². The van der Waals surface area contributed by atoms with Gasteiger partial charge in [-0.3, -0.25) is 0 Å². The van der Waals surface area contributed by atoms with E-state index in [1.165, 1.54) is 0 Å². The number of hydrogen-bond acceptors (Lipinski definition) is 5. The molecule has 0 spiro atoms. The fourth-order valence-electron chi connectivity index (χ4n) is 1.30. The van der Waals surface area contributed by atoms with E-state index in [2.05, 4.69) is 0 Å². The van der Waals surface area contributed by atoms with Crippen molar-refractivity contribution in [2.45, 2.75) is 36.8 Å². The maximum absolute atomic E-state index is 9.14. The van der Waals surface area contributed by atoms with Crippen molar-refractivity contribution in [3.8, 4) is 0 Å². The molecule has 1 rings (SSSR count). The van der Waals surface area contributed by atoms with Crippen LogP contribution in [-0.2, 0) is 0 Å². The number of hydrogen-bond donors (Lipinski definition) is 5. The summed E-state index contributed by atoms with van der Waals surface area (Å²) in [6, 6.07) is -1.08. The summed E-state index contributed by atoms with van der Waals surface area (Å²) in [6.07, 6.45) is -3.01. The Labute approximate surface area is 64.6 Å². The fourth-order valence-corrected chi connectivity index (χ4v) is 1.30. The lowest BCUT2D eigenvalue weighted by atomic mass is 9.85.